The van der Waals surface area contributed by atoms with E-state index in [1.54, 1.807) is 23.1 Å². The fourth-order valence-electron chi connectivity index (χ4n) is 2.26. The molecule has 10 heteroatoms. The zero-order chi connectivity index (χ0) is 20.7. The summed E-state index contributed by atoms with van der Waals surface area (Å²) in [6, 6.07) is 12.6. The van der Waals surface area contributed by atoms with Gasteiger partial charge in [0.2, 0.25) is 5.90 Å². The molecule has 0 N–H and O–H groups in total. The molecule has 0 aliphatic carbocycles. The van der Waals surface area contributed by atoms with Gasteiger partial charge in [0, 0.05) is 12.4 Å². The van der Waals surface area contributed by atoms with E-state index in [1.165, 1.54) is 24.3 Å². The number of halogens is 3. The van der Waals surface area contributed by atoms with Gasteiger partial charge in [0.15, 0.2) is 5.82 Å². The second-order valence-electron chi connectivity index (χ2n) is 5.87. The molecule has 1 unspecified atom stereocenters. The third-order valence-corrected chi connectivity index (χ3v) is 3.47. The molecule has 1 aliphatic rings. The Morgan fingerprint density at radius 2 is 1.86 bits per heavy atom. The molecule has 0 saturated heterocycles. The fourth-order valence-corrected chi connectivity index (χ4v) is 2.26. The highest BCUT2D eigenvalue weighted by Crippen LogP contribution is 2.21. The maximum Gasteiger partial charge on any atom is 0.573 e. The van der Waals surface area contributed by atoms with E-state index >= 15 is 0 Å². The molecule has 7 nitrogen and oxygen atoms in total. The van der Waals surface area contributed by atoms with Gasteiger partial charge in [-0.25, -0.2) is 9.67 Å². The number of benzene rings is 1. The zero-order valence-corrected chi connectivity index (χ0v) is 15.3. The van der Waals surface area contributed by atoms with Crippen molar-refractivity contribution in [3.63, 3.8) is 0 Å². The van der Waals surface area contributed by atoms with Gasteiger partial charge in [-0.1, -0.05) is 23.4 Å². The molecule has 1 aromatic carbocycles. The summed E-state index contributed by atoms with van der Waals surface area (Å²) in [6.45, 7) is 1.94. The summed E-state index contributed by atoms with van der Waals surface area (Å²) in [7, 11) is 0. The number of alkyl halides is 3. The topological polar surface area (TPSA) is 70.8 Å². The summed E-state index contributed by atoms with van der Waals surface area (Å²) in [4.78, 5) is 9.31. The van der Waals surface area contributed by atoms with E-state index in [0.717, 1.165) is 5.82 Å². The van der Waals surface area contributed by atoms with Gasteiger partial charge in [-0.2, -0.15) is 5.10 Å². The van der Waals surface area contributed by atoms with Gasteiger partial charge >= 0.3 is 6.36 Å². The maximum atomic E-state index is 11.5. The molecule has 0 radical (unpaired) electrons. The van der Waals surface area contributed by atoms with E-state index in [-0.39, 0.29) is 11.9 Å². The Kier molecular flexibility index (Phi) is 6.32. The minimum Gasteiger partial charge on any atom is -0.438 e. The Balaban J connectivity index is 0.000000188. The van der Waals surface area contributed by atoms with Crippen LogP contribution < -0.4 is 9.47 Å². The quantitative estimate of drug-likeness (QED) is 0.647. The van der Waals surface area contributed by atoms with Crippen LogP contribution >= 0.6 is 0 Å². The van der Waals surface area contributed by atoms with Gasteiger partial charge in [-0.15, -0.1) is 13.2 Å². The number of para-hydroxylation sites is 1. The second-order valence-corrected chi connectivity index (χ2v) is 5.87. The predicted octanol–water partition coefficient (Wildman–Crippen LogP) is 4.35. The van der Waals surface area contributed by atoms with Crippen LogP contribution in [0.25, 0.3) is 5.82 Å². The first kappa shape index (κ1) is 20.2. The lowest BCUT2D eigenvalue weighted by Gasteiger charge is -2.07. The fraction of sp³-hybridized carbons (Fsp3) is 0.211. The van der Waals surface area contributed by atoms with E-state index in [2.05, 4.69) is 20.0 Å². The lowest BCUT2D eigenvalue weighted by molar-refractivity contribution is -0.274. The van der Waals surface area contributed by atoms with Crippen LogP contribution in [-0.2, 0) is 4.84 Å². The Bertz CT molecular complexity index is 914. The summed E-state index contributed by atoms with van der Waals surface area (Å²) < 4.78 is 45.4. The Labute approximate surface area is 164 Å². The molecule has 3 heterocycles. The number of pyridine rings is 1. The summed E-state index contributed by atoms with van der Waals surface area (Å²) in [6.07, 6.45) is 1.35. The molecule has 152 valence electrons. The standard InChI is InChI=1S/C12H12N4O2.C7H5F3O/c1-9-7-12(15-18-9)17-10-3-4-11(13-8-10)16-6-2-5-14-16;8-7(9,10)11-6-4-2-1-3-5-6/h2-6,8-9H,7H2,1H3;1-5H. The van der Waals surface area contributed by atoms with Crippen molar-refractivity contribution in [2.24, 2.45) is 5.16 Å². The first-order valence-corrected chi connectivity index (χ1v) is 8.56. The third-order valence-electron chi connectivity index (χ3n) is 3.47. The van der Waals surface area contributed by atoms with Gasteiger partial charge in [-0.05, 0) is 37.3 Å². The van der Waals surface area contributed by atoms with Gasteiger partial charge in [0.05, 0.1) is 12.6 Å². The molecule has 0 spiro atoms. The van der Waals surface area contributed by atoms with E-state index in [4.69, 9.17) is 9.57 Å². The lowest BCUT2D eigenvalue weighted by atomic mass is 10.3. The molecule has 2 aromatic heterocycles. The zero-order valence-electron chi connectivity index (χ0n) is 15.3. The number of oxime groups is 1. The molecule has 4 rings (SSSR count). The SMILES string of the molecule is CC1CC(Oc2ccc(-n3cccn3)nc2)=NO1.FC(F)(F)Oc1ccccc1. The van der Waals surface area contributed by atoms with Crippen LogP contribution in [0.1, 0.15) is 13.3 Å². The molecular weight excluding hydrogens is 389 g/mol. The number of aromatic nitrogens is 3. The molecule has 29 heavy (non-hydrogen) atoms. The lowest BCUT2D eigenvalue weighted by Crippen LogP contribution is -2.16. The van der Waals surface area contributed by atoms with E-state index < -0.39 is 6.36 Å². The average Bonchev–Trinajstić information content (AvgIpc) is 3.35. The van der Waals surface area contributed by atoms with Crippen molar-refractivity contribution in [2.45, 2.75) is 25.8 Å². The van der Waals surface area contributed by atoms with Crippen LogP contribution in [-0.4, -0.2) is 33.1 Å². The van der Waals surface area contributed by atoms with Gasteiger partial charge in [-0.3, -0.25) is 0 Å². The van der Waals surface area contributed by atoms with Crippen molar-refractivity contribution in [1.29, 1.82) is 0 Å². The van der Waals surface area contributed by atoms with E-state index in [0.29, 0.717) is 18.1 Å². The van der Waals surface area contributed by atoms with Crippen LogP contribution in [0, 0.1) is 0 Å². The predicted molar refractivity (Wildman–Crippen MR) is 97.7 cm³/mol. The van der Waals surface area contributed by atoms with Crippen LogP contribution in [0.15, 0.2) is 72.3 Å². The largest absolute Gasteiger partial charge is 0.573 e. The monoisotopic (exact) mass is 406 g/mol. The van der Waals surface area contributed by atoms with Crippen LogP contribution in [0.3, 0.4) is 0 Å². The third kappa shape index (κ3) is 6.52. The second kappa shape index (κ2) is 9.09. The summed E-state index contributed by atoms with van der Waals surface area (Å²) >= 11 is 0. The molecular formula is C19H17F3N4O3. The smallest absolute Gasteiger partial charge is 0.438 e. The summed E-state index contributed by atoms with van der Waals surface area (Å²) in [5, 5.41) is 7.93. The van der Waals surface area contributed by atoms with Crippen molar-refractivity contribution >= 4 is 5.90 Å². The van der Waals surface area contributed by atoms with Crippen molar-refractivity contribution in [1.82, 2.24) is 14.8 Å². The number of hydrogen-bond acceptors (Lipinski definition) is 6. The van der Waals surface area contributed by atoms with E-state index in [1.807, 2.05) is 31.3 Å². The highest BCUT2D eigenvalue weighted by atomic mass is 19.4. The number of rotatable bonds is 3. The van der Waals surface area contributed by atoms with Gasteiger partial charge in [0.25, 0.3) is 0 Å². The van der Waals surface area contributed by atoms with Crippen molar-refractivity contribution < 1.29 is 27.5 Å². The normalized spacial score (nSPS) is 15.6. The van der Waals surface area contributed by atoms with Crippen molar-refractivity contribution in [3.05, 3.63) is 67.1 Å². The number of nitrogens with zero attached hydrogens (tertiary/aromatic N) is 4. The first-order valence-electron chi connectivity index (χ1n) is 8.56. The highest BCUT2D eigenvalue weighted by Gasteiger charge is 2.30. The van der Waals surface area contributed by atoms with Crippen LogP contribution in [0.2, 0.25) is 0 Å². The molecule has 0 fully saturated rings. The van der Waals surface area contributed by atoms with E-state index in [9.17, 15) is 13.2 Å². The summed E-state index contributed by atoms with van der Waals surface area (Å²) in [5.74, 6) is 1.77. The highest BCUT2D eigenvalue weighted by molar-refractivity contribution is 5.79. The summed E-state index contributed by atoms with van der Waals surface area (Å²) in [5.41, 5.74) is 0. The Morgan fingerprint density at radius 1 is 1.07 bits per heavy atom. The minimum absolute atomic E-state index is 0.0799. The first-order chi connectivity index (χ1) is 13.9. The van der Waals surface area contributed by atoms with Crippen molar-refractivity contribution in [2.75, 3.05) is 0 Å². The molecule has 3 aromatic rings. The number of ether oxygens (including phenoxy) is 2. The average molecular weight is 406 g/mol. The Hall–Kier alpha value is -3.56. The molecule has 0 bridgehead atoms. The number of hydrogen-bond donors (Lipinski definition) is 0. The van der Waals surface area contributed by atoms with Crippen LogP contribution in [0.4, 0.5) is 13.2 Å². The van der Waals surface area contributed by atoms with Gasteiger partial charge < -0.3 is 14.3 Å². The van der Waals surface area contributed by atoms with Gasteiger partial charge in [0.1, 0.15) is 17.6 Å². The molecule has 1 aliphatic heterocycles. The van der Waals surface area contributed by atoms with Crippen molar-refractivity contribution in [3.8, 4) is 17.3 Å². The molecule has 0 saturated carbocycles. The van der Waals surface area contributed by atoms with Crippen LogP contribution in [0.5, 0.6) is 11.5 Å². The Morgan fingerprint density at radius 3 is 2.41 bits per heavy atom. The maximum absolute atomic E-state index is 11.5. The minimum atomic E-state index is -4.60. The molecule has 0 amide bonds. The molecule has 1 atom stereocenters.